The number of carboxylic acids is 1. The molecule has 0 aliphatic rings. The second-order valence-electron chi connectivity index (χ2n) is 2.65. The van der Waals surface area contributed by atoms with Crippen molar-refractivity contribution in [3.05, 3.63) is 6.33 Å². The molecule has 0 radical (unpaired) electrons. The van der Waals surface area contributed by atoms with E-state index in [9.17, 15) is 9.59 Å². The number of carbonyl (C=O) groups excluding carboxylic acids is 1. The summed E-state index contributed by atoms with van der Waals surface area (Å²) in [6.07, 6.45) is 1.22. The third-order valence-electron chi connectivity index (χ3n) is 1.51. The molecule has 1 aromatic rings. The molecule has 0 aliphatic carbocycles. The minimum absolute atomic E-state index is 0.198. The van der Waals surface area contributed by atoms with E-state index in [1.807, 2.05) is 0 Å². The number of carbonyl (C=O) groups is 2. The van der Waals surface area contributed by atoms with Gasteiger partial charge in [-0.3, -0.25) is 4.79 Å². The van der Waals surface area contributed by atoms with E-state index in [1.165, 1.54) is 6.33 Å². The number of amides is 1. The molecule has 0 fully saturated rings. The number of carboxylic acid groups (broad SMARTS) is 1. The number of aliphatic hydroxyl groups excluding tert-OH is 1. The summed E-state index contributed by atoms with van der Waals surface area (Å²) in [7, 11) is 0. The zero-order valence-corrected chi connectivity index (χ0v) is 7.57. The van der Waals surface area contributed by atoms with E-state index in [4.69, 9.17) is 10.2 Å². The van der Waals surface area contributed by atoms with Crippen LogP contribution in [-0.2, 0) is 16.1 Å². The molecule has 1 rings (SSSR count). The average Bonchev–Trinajstić information content (AvgIpc) is 2.66. The predicted molar refractivity (Wildman–Crippen MR) is 44.5 cm³/mol. The van der Waals surface area contributed by atoms with Gasteiger partial charge in [0, 0.05) is 0 Å². The molecule has 1 aromatic heterocycles. The van der Waals surface area contributed by atoms with Crippen LogP contribution in [0.5, 0.6) is 0 Å². The van der Waals surface area contributed by atoms with Gasteiger partial charge in [0.15, 0.2) is 0 Å². The number of aliphatic hydroxyl groups is 1. The van der Waals surface area contributed by atoms with Crippen molar-refractivity contribution in [1.29, 1.82) is 0 Å². The van der Waals surface area contributed by atoms with E-state index in [1.54, 1.807) is 0 Å². The lowest BCUT2D eigenvalue weighted by atomic mass is 10.3. The first-order valence-electron chi connectivity index (χ1n) is 3.97. The van der Waals surface area contributed by atoms with Crippen LogP contribution < -0.4 is 5.32 Å². The lowest BCUT2D eigenvalue weighted by Gasteiger charge is -2.10. The second-order valence-corrected chi connectivity index (χ2v) is 2.65. The summed E-state index contributed by atoms with van der Waals surface area (Å²) in [6, 6.07) is -1.31. The van der Waals surface area contributed by atoms with E-state index < -0.39 is 24.5 Å². The highest BCUT2D eigenvalue weighted by Crippen LogP contribution is 1.85. The van der Waals surface area contributed by atoms with Gasteiger partial charge in [-0.2, -0.15) is 0 Å². The van der Waals surface area contributed by atoms with Crippen molar-refractivity contribution in [2.45, 2.75) is 12.6 Å². The maximum Gasteiger partial charge on any atom is 0.328 e. The molecule has 0 saturated carbocycles. The predicted octanol–water partition coefficient (Wildman–Crippen LogP) is -2.77. The zero-order valence-electron chi connectivity index (χ0n) is 7.57. The minimum atomic E-state index is -1.31. The van der Waals surface area contributed by atoms with Crippen LogP contribution in [0, 0.1) is 0 Å². The first-order chi connectivity index (χ1) is 7.13. The molecule has 0 spiro atoms. The molecule has 1 atom stereocenters. The monoisotopic (exact) mass is 215 g/mol. The molecule has 9 nitrogen and oxygen atoms in total. The minimum Gasteiger partial charge on any atom is -0.480 e. The molecule has 0 bridgehead atoms. The zero-order chi connectivity index (χ0) is 11.3. The molecular formula is C6H9N5O4. The van der Waals surface area contributed by atoms with E-state index in [0.29, 0.717) is 0 Å². The first-order valence-corrected chi connectivity index (χ1v) is 3.97. The highest BCUT2D eigenvalue weighted by Gasteiger charge is 2.18. The maximum absolute atomic E-state index is 11.2. The van der Waals surface area contributed by atoms with Gasteiger partial charge < -0.3 is 15.5 Å². The first kappa shape index (κ1) is 11.0. The third kappa shape index (κ3) is 3.31. The number of rotatable bonds is 5. The Kier molecular flexibility index (Phi) is 3.68. The molecule has 1 amide bonds. The van der Waals surface area contributed by atoms with Crippen LogP contribution in [0.2, 0.25) is 0 Å². The van der Waals surface area contributed by atoms with Gasteiger partial charge in [0.1, 0.15) is 18.9 Å². The van der Waals surface area contributed by atoms with Crippen molar-refractivity contribution in [3.8, 4) is 0 Å². The van der Waals surface area contributed by atoms with Crippen molar-refractivity contribution in [2.75, 3.05) is 6.61 Å². The van der Waals surface area contributed by atoms with E-state index in [-0.39, 0.29) is 6.54 Å². The van der Waals surface area contributed by atoms with Gasteiger partial charge in [-0.15, -0.1) is 5.10 Å². The largest absolute Gasteiger partial charge is 0.480 e. The Balaban J connectivity index is 2.45. The molecule has 82 valence electrons. The summed E-state index contributed by atoms with van der Waals surface area (Å²) >= 11 is 0. The number of aliphatic carboxylic acids is 1. The number of nitrogens with zero attached hydrogens (tertiary/aromatic N) is 4. The number of hydrogen-bond acceptors (Lipinski definition) is 6. The van der Waals surface area contributed by atoms with Crippen molar-refractivity contribution >= 4 is 11.9 Å². The summed E-state index contributed by atoms with van der Waals surface area (Å²) < 4.78 is 1.13. The summed E-state index contributed by atoms with van der Waals surface area (Å²) in [5, 5.41) is 29.3. The average molecular weight is 215 g/mol. The van der Waals surface area contributed by atoms with Crippen LogP contribution in [0.3, 0.4) is 0 Å². The second kappa shape index (κ2) is 5.00. The van der Waals surface area contributed by atoms with Gasteiger partial charge in [0.05, 0.1) is 6.61 Å². The van der Waals surface area contributed by atoms with E-state index >= 15 is 0 Å². The quantitative estimate of drug-likeness (QED) is 0.484. The Bertz CT molecular complexity index is 337. The standard InChI is InChI=1S/C6H9N5O4/c12-2-4(6(14)15)8-5(13)1-11-3-7-9-10-11/h3-4,12H,1-2H2,(H,8,13)(H,14,15). The van der Waals surface area contributed by atoms with Gasteiger partial charge in [-0.25, -0.2) is 9.48 Å². The Morgan fingerprint density at radius 1 is 1.53 bits per heavy atom. The van der Waals surface area contributed by atoms with Crippen molar-refractivity contribution < 1.29 is 19.8 Å². The van der Waals surface area contributed by atoms with Crippen molar-refractivity contribution in [2.24, 2.45) is 0 Å². The summed E-state index contributed by atoms with van der Waals surface area (Å²) in [5.74, 6) is -1.90. The van der Waals surface area contributed by atoms with Gasteiger partial charge >= 0.3 is 5.97 Å². The van der Waals surface area contributed by atoms with E-state index in [0.717, 1.165) is 4.68 Å². The van der Waals surface area contributed by atoms with Crippen molar-refractivity contribution in [1.82, 2.24) is 25.5 Å². The van der Waals surface area contributed by atoms with Crippen LogP contribution in [0.1, 0.15) is 0 Å². The van der Waals surface area contributed by atoms with Crippen LogP contribution >= 0.6 is 0 Å². The van der Waals surface area contributed by atoms with Crippen molar-refractivity contribution in [3.63, 3.8) is 0 Å². The topological polar surface area (TPSA) is 130 Å². The fourth-order valence-electron chi connectivity index (χ4n) is 0.825. The molecular weight excluding hydrogens is 206 g/mol. The molecule has 1 heterocycles. The Morgan fingerprint density at radius 3 is 2.73 bits per heavy atom. The summed E-state index contributed by atoms with van der Waals surface area (Å²) in [4.78, 5) is 21.6. The maximum atomic E-state index is 11.2. The molecule has 0 aromatic carbocycles. The fourth-order valence-corrected chi connectivity index (χ4v) is 0.825. The van der Waals surface area contributed by atoms with Gasteiger partial charge in [-0.1, -0.05) is 0 Å². The normalized spacial score (nSPS) is 12.1. The lowest BCUT2D eigenvalue weighted by Crippen LogP contribution is -2.44. The third-order valence-corrected chi connectivity index (χ3v) is 1.51. The van der Waals surface area contributed by atoms with Crippen LogP contribution in [0.15, 0.2) is 6.33 Å². The number of tetrazole rings is 1. The summed E-state index contributed by atoms with van der Waals surface area (Å²) in [6.45, 7) is -0.868. The molecule has 3 N–H and O–H groups in total. The summed E-state index contributed by atoms with van der Waals surface area (Å²) in [5.41, 5.74) is 0. The smallest absolute Gasteiger partial charge is 0.328 e. The Morgan fingerprint density at radius 2 is 2.27 bits per heavy atom. The highest BCUT2D eigenvalue weighted by molar-refractivity contribution is 5.83. The number of hydrogen-bond donors (Lipinski definition) is 3. The molecule has 0 saturated heterocycles. The molecule has 0 aliphatic heterocycles. The van der Waals surface area contributed by atoms with Gasteiger partial charge in [0.2, 0.25) is 5.91 Å². The molecule has 9 heteroatoms. The SMILES string of the molecule is O=C(Cn1cnnn1)NC(CO)C(=O)O. The Labute approximate surface area is 83.7 Å². The van der Waals surface area contributed by atoms with Gasteiger partial charge in [0.25, 0.3) is 0 Å². The van der Waals surface area contributed by atoms with Crippen LogP contribution in [-0.4, -0.2) is 54.9 Å². The molecule has 1 unspecified atom stereocenters. The Hall–Kier alpha value is -2.03. The van der Waals surface area contributed by atoms with Crippen LogP contribution in [0.25, 0.3) is 0 Å². The van der Waals surface area contributed by atoms with Gasteiger partial charge in [-0.05, 0) is 10.4 Å². The van der Waals surface area contributed by atoms with Crippen LogP contribution in [0.4, 0.5) is 0 Å². The van der Waals surface area contributed by atoms with E-state index in [2.05, 4.69) is 20.8 Å². The number of aromatic nitrogens is 4. The lowest BCUT2D eigenvalue weighted by molar-refractivity contribution is -0.143. The highest BCUT2D eigenvalue weighted by atomic mass is 16.4. The fraction of sp³-hybridized carbons (Fsp3) is 0.500. The molecule has 15 heavy (non-hydrogen) atoms. The number of nitrogens with one attached hydrogen (secondary N) is 1.